The topological polar surface area (TPSA) is 66.5 Å². The van der Waals surface area contributed by atoms with Crippen LogP contribution in [-0.4, -0.2) is 27.1 Å². The summed E-state index contributed by atoms with van der Waals surface area (Å²) in [7, 11) is -3.46. The van der Waals surface area contributed by atoms with Gasteiger partial charge in [-0.1, -0.05) is 0 Å². The summed E-state index contributed by atoms with van der Waals surface area (Å²) in [5, 5.41) is 0. The average Bonchev–Trinajstić information content (AvgIpc) is 2.51. The Morgan fingerprint density at radius 1 is 1.44 bits per heavy atom. The first-order chi connectivity index (χ1) is 8.31. The van der Waals surface area contributed by atoms with Gasteiger partial charge in [0.15, 0.2) is 0 Å². The van der Waals surface area contributed by atoms with Gasteiger partial charge in [0.25, 0.3) is 0 Å². The van der Waals surface area contributed by atoms with Crippen LogP contribution in [0.1, 0.15) is 12.5 Å². The molecule has 1 N–H and O–H groups in total. The maximum atomic E-state index is 13.9. The van der Waals surface area contributed by atoms with Crippen molar-refractivity contribution in [1.82, 2.24) is 0 Å². The van der Waals surface area contributed by atoms with Crippen LogP contribution in [0.4, 0.5) is 15.8 Å². The quantitative estimate of drug-likeness (QED) is 0.896. The van der Waals surface area contributed by atoms with Crippen molar-refractivity contribution in [2.75, 3.05) is 22.4 Å². The molecule has 98 valence electrons. The smallest absolute Gasteiger partial charge is 0.231 e. The van der Waals surface area contributed by atoms with Crippen molar-refractivity contribution in [2.24, 2.45) is 0 Å². The molecule has 18 heavy (non-hydrogen) atoms. The molecule has 5 nitrogen and oxygen atoms in total. The Morgan fingerprint density at radius 3 is 2.67 bits per heavy atom. The highest BCUT2D eigenvalue weighted by Crippen LogP contribution is 2.34. The van der Waals surface area contributed by atoms with Crippen LogP contribution in [-0.2, 0) is 21.2 Å². The van der Waals surface area contributed by atoms with Crippen molar-refractivity contribution in [2.45, 2.75) is 13.3 Å². The standard InChI is InChI=1S/C11H13FN2O3S/c1-3-14-10(15)5-7-4-8(13-18(2,16)17)6-9(12)11(7)14/h4,6,13H,3,5H2,1-2H3. The Hall–Kier alpha value is -1.63. The number of rotatable bonds is 3. The van der Waals surface area contributed by atoms with Gasteiger partial charge in [0.05, 0.1) is 24.1 Å². The molecule has 1 aromatic carbocycles. The van der Waals surface area contributed by atoms with E-state index in [0.29, 0.717) is 12.1 Å². The third-order valence-corrected chi connectivity index (χ3v) is 3.28. The van der Waals surface area contributed by atoms with Crippen LogP contribution in [0, 0.1) is 5.82 Å². The fraction of sp³-hybridized carbons (Fsp3) is 0.364. The predicted molar refractivity (Wildman–Crippen MR) is 66.6 cm³/mol. The van der Waals surface area contributed by atoms with Crippen molar-refractivity contribution >= 4 is 27.3 Å². The summed E-state index contributed by atoms with van der Waals surface area (Å²) in [6, 6.07) is 2.58. The SMILES string of the molecule is CCN1C(=O)Cc2cc(NS(C)(=O)=O)cc(F)c21. The van der Waals surface area contributed by atoms with Crippen LogP contribution in [0.2, 0.25) is 0 Å². The summed E-state index contributed by atoms with van der Waals surface area (Å²) in [4.78, 5) is 13.0. The van der Waals surface area contributed by atoms with E-state index in [9.17, 15) is 17.6 Å². The lowest BCUT2D eigenvalue weighted by Crippen LogP contribution is -2.26. The van der Waals surface area contributed by atoms with E-state index in [1.165, 1.54) is 11.0 Å². The lowest BCUT2D eigenvalue weighted by molar-refractivity contribution is -0.117. The Morgan fingerprint density at radius 2 is 2.11 bits per heavy atom. The van der Waals surface area contributed by atoms with Gasteiger partial charge in [-0.15, -0.1) is 0 Å². The molecule has 0 aliphatic carbocycles. The van der Waals surface area contributed by atoms with Crippen LogP contribution in [0.5, 0.6) is 0 Å². The zero-order valence-electron chi connectivity index (χ0n) is 10.0. The summed E-state index contributed by atoms with van der Waals surface area (Å²) in [6.07, 6.45) is 1.08. The number of carbonyl (C=O) groups is 1. The van der Waals surface area contributed by atoms with E-state index >= 15 is 0 Å². The van der Waals surface area contributed by atoms with E-state index in [1.807, 2.05) is 0 Å². The average molecular weight is 272 g/mol. The highest BCUT2D eigenvalue weighted by atomic mass is 32.2. The Bertz CT molecular complexity index is 613. The van der Waals surface area contributed by atoms with Crippen LogP contribution in [0.3, 0.4) is 0 Å². The molecule has 0 saturated heterocycles. The summed E-state index contributed by atoms with van der Waals surface area (Å²) in [6.45, 7) is 2.15. The number of nitrogens with zero attached hydrogens (tertiary/aromatic N) is 1. The molecule has 0 spiro atoms. The minimum absolute atomic E-state index is 0.0966. The molecule has 1 amide bonds. The van der Waals surface area contributed by atoms with Crippen LogP contribution in [0.15, 0.2) is 12.1 Å². The third kappa shape index (κ3) is 2.31. The van der Waals surface area contributed by atoms with Crippen molar-refractivity contribution in [1.29, 1.82) is 0 Å². The number of amides is 1. The maximum Gasteiger partial charge on any atom is 0.231 e. The molecule has 7 heteroatoms. The molecule has 1 aliphatic rings. The minimum Gasteiger partial charge on any atom is -0.309 e. The molecule has 1 heterocycles. The van der Waals surface area contributed by atoms with Crippen molar-refractivity contribution in [3.63, 3.8) is 0 Å². The first-order valence-electron chi connectivity index (χ1n) is 5.42. The van der Waals surface area contributed by atoms with E-state index in [1.54, 1.807) is 6.92 Å². The molecule has 2 rings (SSSR count). The molecule has 1 aliphatic heterocycles. The second-order valence-corrected chi connectivity index (χ2v) is 5.90. The van der Waals surface area contributed by atoms with E-state index in [-0.39, 0.29) is 23.7 Å². The van der Waals surface area contributed by atoms with Gasteiger partial charge in [-0.05, 0) is 18.6 Å². The number of benzene rings is 1. The van der Waals surface area contributed by atoms with Crippen LogP contribution < -0.4 is 9.62 Å². The van der Waals surface area contributed by atoms with E-state index in [4.69, 9.17) is 0 Å². The second kappa shape index (κ2) is 4.24. The molecular formula is C11H13FN2O3S. The number of hydrogen-bond donors (Lipinski definition) is 1. The summed E-state index contributed by atoms with van der Waals surface area (Å²) >= 11 is 0. The number of fused-ring (bicyclic) bond motifs is 1. The number of anilines is 2. The largest absolute Gasteiger partial charge is 0.309 e. The Labute approximate surface area is 105 Å². The maximum absolute atomic E-state index is 13.9. The van der Waals surface area contributed by atoms with Crippen molar-refractivity contribution in [3.05, 3.63) is 23.5 Å². The zero-order valence-corrected chi connectivity index (χ0v) is 10.8. The molecule has 0 fully saturated rings. The second-order valence-electron chi connectivity index (χ2n) is 4.15. The Balaban J connectivity index is 2.47. The molecule has 0 aromatic heterocycles. The Kier molecular flexibility index (Phi) is 3.02. The zero-order chi connectivity index (χ0) is 13.5. The highest BCUT2D eigenvalue weighted by Gasteiger charge is 2.29. The number of carbonyl (C=O) groups excluding carboxylic acids is 1. The van der Waals surface area contributed by atoms with Gasteiger partial charge in [0.2, 0.25) is 15.9 Å². The summed E-state index contributed by atoms with van der Waals surface area (Å²) in [5.41, 5.74) is 0.897. The number of likely N-dealkylation sites (N-methyl/N-ethyl adjacent to an activating group) is 1. The van der Waals surface area contributed by atoms with Crippen LogP contribution >= 0.6 is 0 Å². The first-order valence-corrected chi connectivity index (χ1v) is 7.31. The summed E-state index contributed by atoms with van der Waals surface area (Å²) in [5.74, 6) is -0.769. The molecule has 0 atom stereocenters. The molecule has 0 bridgehead atoms. The fourth-order valence-corrected chi connectivity index (χ4v) is 2.63. The lowest BCUT2D eigenvalue weighted by atomic mass is 10.1. The van der Waals surface area contributed by atoms with Gasteiger partial charge in [-0.3, -0.25) is 9.52 Å². The van der Waals surface area contributed by atoms with Crippen molar-refractivity contribution in [3.8, 4) is 0 Å². The molecule has 0 radical (unpaired) electrons. The van der Waals surface area contributed by atoms with E-state index in [0.717, 1.165) is 12.3 Å². The van der Waals surface area contributed by atoms with Crippen LogP contribution in [0.25, 0.3) is 0 Å². The van der Waals surface area contributed by atoms with Gasteiger partial charge in [-0.25, -0.2) is 12.8 Å². The fourth-order valence-electron chi connectivity index (χ4n) is 2.08. The van der Waals surface area contributed by atoms with Gasteiger partial charge in [0.1, 0.15) is 5.82 Å². The van der Waals surface area contributed by atoms with Gasteiger partial charge < -0.3 is 4.90 Å². The number of nitrogens with one attached hydrogen (secondary N) is 1. The lowest BCUT2D eigenvalue weighted by Gasteiger charge is -2.16. The third-order valence-electron chi connectivity index (χ3n) is 2.67. The van der Waals surface area contributed by atoms with E-state index in [2.05, 4.69) is 4.72 Å². The minimum atomic E-state index is -3.46. The summed E-state index contributed by atoms with van der Waals surface area (Å²) < 4.78 is 38.3. The number of hydrogen-bond acceptors (Lipinski definition) is 3. The van der Waals surface area contributed by atoms with E-state index < -0.39 is 15.8 Å². The highest BCUT2D eigenvalue weighted by molar-refractivity contribution is 7.92. The van der Waals surface area contributed by atoms with Crippen molar-refractivity contribution < 1.29 is 17.6 Å². The monoisotopic (exact) mass is 272 g/mol. The van der Waals surface area contributed by atoms with Gasteiger partial charge in [-0.2, -0.15) is 0 Å². The molecular weight excluding hydrogens is 259 g/mol. The van der Waals surface area contributed by atoms with Gasteiger partial charge in [0, 0.05) is 12.6 Å². The molecule has 0 unspecified atom stereocenters. The van der Waals surface area contributed by atoms with Gasteiger partial charge >= 0.3 is 0 Å². The number of halogens is 1. The first kappa shape index (κ1) is 12.8. The molecule has 0 saturated carbocycles. The predicted octanol–water partition coefficient (Wildman–Crippen LogP) is 1.11. The normalized spacial score (nSPS) is 14.8. The molecule has 1 aromatic rings. The number of sulfonamides is 1.